The standard InChI is InChI=1S/C20H24N4OS/c1-14-21-19(24-9-10-25-16(13-24)12-23(2)3)17-11-18(26-20(17)22-14)15-7-5-4-6-8-15/h4-8,11,16H,9-10,12-13H2,1-3H3. The minimum Gasteiger partial charge on any atom is -0.373 e. The molecule has 1 atom stereocenters. The Morgan fingerprint density at radius 2 is 2.04 bits per heavy atom. The van der Waals surface area contributed by atoms with Crippen LogP contribution in [0.3, 0.4) is 0 Å². The van der Waals surface area contributed by atoms with Gasteiger partial charge in [-0.3, -0.25) is 0 Å². The highest BCUT2D eigenvalue weighted by Gasteiger charge is 2.24. The zero-order valence-corrected chi connectivity index (χ0v) is 16.3. The summed E-state index contributed by atoms with van der Waals surface area (Å²) in [6.07, 6.45) is 0.205. The normalized spacial score (nSPS) is 18.0. The van der Waals surface area contributed by atoms with E-state index in [0.29, 0.717) is 0 Å². The zero-order valence-electron chi connectivity index (χ0n) is 15.5. The van der Waals surface area contributed by atoms with Crippen molar-refractivity contribution in [3.63, 3.8) is 0 Å². The molecule has 1 fully saturated rings. The summed E-state index contributed by atoms with van der Waals surface area (Å²) >= 11 is 1.74. The van der Waals surface area contributed by atoms with Crippen molar-refractivity contribution in [3.8, 4) is 10.4 Å². The molecular weight excluding hydrogens is 344 g/mol. The monoisotopic (exact) mass is 368 g/mol. The lowest BCUT2D eigenvalue weighted by Gasteiger charge is -2.35. The smallest absolute Gasteiger partial charge is 0.141 e. The van der Waals surface area contributed by atoms with E-state index in [1.165, 1.54) is 10.4 Å². The lowest BCUT2D eigenvalue weighted by Crippen LogP contribution is -2.46. The molecule has 0 N–H and O–H groups in total. The molecule has 1 aromatic carbocycles. The first kappa shape index (κ1) is 17.4. The number of nitrogens with zero attached hydrogens (tertiary/aromatic N) is 4. The molecule has 0 aliphatic carbocycles. The van der Waals surface area contributed by atoms with Crippen molar-refractivity contribution in [1.82, 2.24) is 14.9 Å². The minimum atomic E-state index is 0.205. The first-order valence-corrected chi connectivity index (χ1v) is 9.76. The van der Waals surface area contributed by atoms with Crippen LogP contribution in [0.25, 0.3) is 20.7 Å². The van der Waals surface area contributed by atoms with E-state index in [1.807, 2.05) is 13.0 Å². The second-order valence-corrected chi connectivity index (χ2v) is 8.02. The number of fused-ring (bicyclic) bond motifs is 1. The molecule has 1 unspecified atom stereocenters. The average Bonchev–Trinajstić information content (AvgIpc) is 3.05. The third-order valence-electron chi connectivity index (χ3n) is 4.55. The molecule has 3 aromatic rings. The number of ether oxygens (including phenoxy) is 1. The van der Waals surface area contributed by atoms with Crippen LogP contribution in [0.1, 0.15) is 5.82 Å². The molecule has 1 aliphatic heterocycles. The predicted octanol–water partition coefficient (Wildman–Crippen LogP) is 3.43. The molecule has 0 spiro atoms. The van der Waals surface area contributed by atoms with Crippen LogP contribution >= 0.6 is 11.3 Å². The van der Waals surface area contributed by atoms with E-state index < -0.39 is 0 Å². The highest BCUT2D eigenvalue weighted by atomic mass is 32.1. The van der Waals surface area contributed by atoms with Gasteiger partial charge in [0.15, 0.2) is 0 Å². The number of aryl methyl sites for hydroxylation is 1. The minimum absolute atomic E-state index is 0.205. The molecule has 1 aliphatic rings. The third-order valence-corrected chi connectivity index (χ3v) is 5.63. The SMILES string of the molecule is Cc1nc(N2CCOC(CN(C)C)C2)c2cc(-c3ccccc3)sc2n1. The second kappa shape index (κ2) is 7.31. The van der Waals surface area contributed by atoms with Gasteiger partial charge in [-0.2, -0.15) is 0 Å². The van der Waals surface area contributed by atoms with Crippen LogP contribution in [-0.4, -0.2) is 61.3 Å². The fraction of sp³-hybridized carbons (Fsp3) is 0.400. The molecule has 0 saturated carbocycles. The lowest BCUT2D eigenvalue weighted by molar-refractivity contribution is 0.0246. The van der Waals surface area contributed by atoms with Gasteiger partial charge in [0.05, 0.1) is 18.1 Å². The lowest BCUT2D eigenvalue weighted by atomic mass is 10.1. The first-order valence-electron chi connectivity index (χ1n) is 8.95. The Morgan fingerprint density at radius 3 is 2.81 bits per heavy atom. The van der Waals surface area contributed by atoms with E-state index in [4.69, 9.17) is 9.72 Å². The van der Waals surface area contributed by atoms with Crippen LogP contribution in [0.2, 0.25) is 0 Å². The topological polar surface area (TPSA) is 41.5 Å². The molecular formula is C20H24N4OS. The van der Waals surface area contributed by atoms with Crippen molar-refractivity contribution in [1.29, 1.82) is 0 Å². The summed E-state index contributed by atoms with van der Waals surface area (Å²) in [7, 11) is 4.17. The first-order chi connectivity index (χ1) is 12.6. The number of hydrogen-bond acceptors (Lipinski definition) is 6. The Morgan fingerprint density at radius 1 is 1.23 bits per heavy atom. The summed E-state index contributed by atoms with van der Waals surface area (Å²) in [6, 6.07) is 12.7. The Labute approximate surface area is 158 Å². The second-order valence-electron chi connectivity index (χ2n) is 6.99. The van der Waals surface area contributed by atoms with Gasteiger partial charge in [0, 0.05) is 24.5 Å². The summed E-state index contributed by atoms with van der Waals surface area (Å²) in [5.74, 6) is 1.86. The number of benzene rings is 1. The molecule has 5 nitrogen and oxygen atoms in total. The highest BCUT2D eigenvalue weighted by molar-refractivity contribution is 7.21. The van der Waals surface area contributed by atoms with Crippen molar-refractivity contribution >= 4 is 27.4 Å². The Balaban J connectivity index is 1.71. The van der Waals surface area contributed by atoms with Gasteiger partial charge in [0.2, 0.25) is 0 Å². The van der Waals surface area contributed by atoms with Crippen LogP contribution in [0.15, 0.2) is 36.4 Å². The third kappa shape index (κ3) is 3.58. The summed E-state index contributed by atoms with van der Waals surface area (Å²) in [6.45, 7) is 5.36. The number of aromatic nitrogens is 2. The fourth-order valence-electron chi connectivity index (χ4n) is 3.43. The Bertz CT molecular complexity index is 893. The average molecular weight is 369 g/mol. The molecule has 0 bridgehead atoms. The van der Waals surface area contributed by atoms with Gasteiger partial charge in [0.1, 0.15) is 16.5 Å². The van der Waals surface area contributed by atoms with Crippen LogP contribution < -0.4 is 4.90 Å². The zero-order chi connectivity index (χ0) is 18.1. The van der Waals surface area contributed by atoms with Gasteiger partial charge in [0.25, 0.3) is 0 Å². The van der Waals surface area contributed by atoms with Crippen molar-refractivity contribution < 1.29 is 4.74 Å². The number of thiophene rings is 1. The van der Waals surface area contributed by atoms with Gasteiger partial charge >= 0.3 is 0 Å². The molecule has 0 amide bonds. The van der Waals surface area contributed by atoms with Gasteiger partial charge in [-0.1, -0.05) is 30.3 Å². The van der Waals surface area contributed by atoms with E-state index in [1.54, 1.807) is 11.3 Å². The fourth-order valence-corrected chi connectivity index (χ4v) is 4.50. The number of likely N-dealkylation sites (N-methyl/N-ethyl adjacent to an activating group) is 1. The molecule has 26 heavy (non-hydrogen) atoms. The van der Waals surface area contributed by atoms with Gasteiger partial charge in [-0.05, 0) is 32.6 Å². The van der Waals surface area contributed by atoms with Crippen LogP contribution in [0.5, 0.6) is 0 Å². The Hall–Kier alpha value is -2.02. The maximum absolute atomic E-state index is 5.93. The van der Waals surface area contributed by atoms with Gasteiger partial charge in [-0.25, -0.2) is 9.97 Å². The molecule has 2 aromatic heterocycles. The molecule has 136 valence electrons. The number of rotatable bonds is 4. The summed E-state index contributed by atoms with van der Waals surface area (Å²) < 4.78 is 5.93. The van der Waals surface area contributed by atoms with Gasteiger partial charge in [-0.15, -0.1) is 11.3 Å². The molecule has 1 saturated heterocycles. The van der Waals surface area contributed by atoms with E-state index in [9.17, 15) is 0 Å². The van der Waals surface area contributed by atoms with Crippen molar-refractivity contribution in [2.75, 3.05) is 45.2 Å². The van der Waals surface area contributed by atoms with E-state index in [-0.39, 0.29) is 6.10 Å². The molecule has 0 radical (unpaired) electrons. The van der Waals surface area contributed by atoms with E-state index >= 15 is 0 Å². The highest BCUT2D eigenvalue weighted by Crippen LogP contribution is 2.36. The van der Waals surface area contributed by atoms with E-state index in [0.717, 1.165) is 48.1 Å². The summed E-state index contributed by atoms with van der Waals surface area (Å²) in [5.41, 5.74) is 1.23. The Kier molecular flexibility index (Phi) is 4.89. The van der Waals surface area contributed by atoms with Gasteiger partial charge < -0.3 is 14.5 Å². The maximum atomic E-state index is 5.93. The largest absolute Gasteiger partial charge is 0.373 e. The molecule has 6 heteroatoms. The van der Waals surface area contributed by atoms with Crippen LogP contribution in [0, 0.1) is 6.92 Å². The predicted molar refractivity (Wildman–Crippen MR) is 108 cm³/mol. The number of morpholine rings is 1. The quantitative estimate of drug-likeness (QED) is 0.706. The van der Waals surface area contributed by atoms with Crippen molar-refractivity contribution in [3.05, 3.63) is 42.2 Å². The van der Waals surface area contributed by atoms with Crippen LogP contribution in [-0.2, 0) is 4.74 Å². The van der Waals surface area contributed by atoms with E-state index in [2.05, 4.69) is 59.2 Å². The van der Waals surface area contributed by atoms with Crippen molar-refractivity contribution in [2.24, 2.45) is 0 Å². The molecule has 3 heterocycles. The summed E-state index contributed by atoms with van der Waals surface area (Å²) in [5, 5.41) is 1.14. The summed E-state index contributed by atoms with van der Waals surface area (Å²) in [4.78, 5) is 16.3. The number of hydrogen-bond donors (Lipinski definition) is 0. The number of anilines is 1. The maximum Gasteiger partial charge on any atom is 0.141 e. The molecule has 4 rings (SSSR count). The van der Waals surface area contributed by atoms with Crippen molar-refractivity contribution in [2.45, 2.75) is 13.0 Å². The van der Waals surface area contributed by atoms with Crippen LogP contribution in [0.4, 0.5) is 5.82 Å².